The number of halogens is 2. The van der Waals surface area contributed by atoms with Crippen molar-refractivity contribution in [2.45, 2.75) is 25.3 Å². The molecule has 0 unspecified atom stereocenters. The van der Waals surface area contributed by atoms with Gasteiger partial charge in [-0.15, -0.1) is 0 Å². The summed E-state index contributed by atoms with van der Waals surface area (Å²) in [6.07, 6.45) is 4.18. The Kier molecular flexibility index (Phi) is 7.10. The molecule has 1 aliphatic rings. The maximum Gasteiger partial charge on any atom is 0.227 e. The van der Waals surface area contributed by atoms with Crippen LogP contribution in [-0.4, -0.2) is 52.8 Å². The third-order valence-electron chi connectivity index (χ3n) is 5.80. The fraction of sp³-hybridized carbons (Fsp3) is 0.280. The lowest BCUT2D eigenvalue weighted by Crippen LogP contribution is -2.43. The number of para-hydroxylation sites is 1. The van der Waals surface area contributed by atoms with Crippen LogP contribution in [0.3, 0.4) is 0 Å². The molecule has 4 rings (SSSR count). The summed E-state index contributed by atoms with van der Waals surface area (Å²) < 4.78 is 32.1. The van der Waals surface area contributed by atoms with Gasteiger partial charge in [0.05, 0.1) is 24.7 Å². The first-order valence-electron chi connectivity index (χ1n) is 10.9. The van der Waals surface area contributed by atoms with Gasteiger partial charge in [0.1, 0.15) is 17.4 Å². The number of nitrogens with zero attached hydrogens (tertiary/aromatic N) is 3. The maximum absolute atomic E-state index is 13.8. The highest BCUT2D eigenvalue weighted by atomic mass is 19.1. The van der Waals surface area contributed by atoms with Crippen LogP contribution < -0.4 is 10.1 Å². The first kappa shape index (κ1) is 23.3. The molecule has 1 aliphatic heterocycles. The van der Waals surface area contributed by atoms with Gasteiger partial charge in [-0.25, -0.2) is 18.7 Å². The monoisotopic (exact) mass is 466 g/mol. The van der Waals surface area contributed by atoms with E-state index in [1.165, 1.54) is 25.6 Å². The Bertz CT molecular complexity index is 1180. The van der Waals surface area contributed by atoms with E-state index in [0.717, 1.165) is 12.1 Å². The molecular weight excluding hydrogens is 442 g/mol. The van der Waals surface area contributed by atoms with Crippen LogP contribution >= 0.6 is 0 Å². The molecule has 9 heteroatoms. The van der Waals surface area contributed by atoms with Crippen LogP contribution in [0.15, 0.2) is 54.9 Å². The number of amides is 1. The fourth-order valence-corrected chi connectivity index (χ4v) is 3.90. The van der Waals surface area contributed by atoms with Crippen LogP contribution in [-0.2, 0) is 11.2 Å². The summed E-state index contributed by atoms with van der Waals surface area (Å²) in [5.41, 5.74) is 0.971. The van der Waals surface area contributed by atoms with Crippen molar-refractivity contribution in [3.05, 3.63) is 83.2 Å². The van der Waals surface area contributed by atoms with Crippen molar-refractivity contribution in [1.82, 2.24) is 14.9 Å². The number of likely N-dealkylation sites (tertiary alicyclic amines) is 1. The van der Waals surface area contributed by atoms with Gasteiger partial charge < -0.3 is 15.0 Å². The van der Waals surface area contributed by atoms with Gasteiger partial charge in [-0.05, 0) is 36.6 Å². The summed E-state index contributed by atoms with van der Waals surface area (Å²) in [4.78, 5) is 35.5. The molecule has 3 aromatic rings. The number of piperidine rings is 1. The van der Waals surface area contributed by atoms with E-state index in [4.69, 9.17) is 4.74 Å². The minimum absolute atomic E-state index is 0.0578. The molecule has 1 fully saturated rings. The van der Waals surface area contributed by atoms with E-state index in [0.29, 0.717) is 48.8 Å². The number of benzene rings is 2. The molecule has 0 aliphatic carbocycles. The van der Waals surface area contributed by atoms with Gasteiger partial charge in [-0.1, -0.05) is 18.2 Å². The first-order valence-corrected chi connectivity index (χ1v) is 10.9. The Balaban J connectivity index is 1.30. The van der Waals surface area contributed by atoms with Gasteiger partial charge in [0.2, 0.25) is 11.9 Å². The first-order chi connectivity index (χ1) is 16.4. The summed E-state index contributed by atoms with van der Waals surface area (Å²) >= 11 is 0. The van der Waals surface area contributed by atoms with E-state index in [1.807, 2.05) is 0 Å². The van der Waals surface area contributed by atoms with Gasteiger partial charge in [0.15, 0.2) is 5.78 Å². The van der Waals surface area contributed by atoms with Crippen LogP contribution in [0.2, 0.25) is 0 Å². The molecule has 1 aromatic heterocycles. The highest BCUT2D eigenvalue weighted by Crippen LogP contribution is 2.21. The van der Waals surface area contributed by atoms with Gasteiger partial charge >= 0.3 is 0 Å². The van der Waals surface area contributed by atoms with Gasteiger partial charge in [-0.2, -0.15) is 0 Å². The average Bonchev–Trinajstić information content (AvgIpc) is 2.86. The van der Waals surface area contributed by atoms with Crippen molar-refractivity contribution < 1.29 is 23.1 Å². The summed E-state index contributed by atoms with van der Waals surface area (Å²) in [5.74, 6) is -0.921. The minimum Gasteiger partial charge on any atom is -0.496 e. The van der Waals surface area contributed by atoms with Crippen LogP contribution in [0, 0.1) is 11.6 Å². The summed E-state index contributed by atoms with van der Waals surface area (Å²) in [5, 5.41) is 3.24. The van der Waals surface area contributed by atoms with Gasteiger partial charge in [0, 0.05) is 37.6 Å². The fourth-order valence-electron chi connectivity index (χ4n) is 3.90. The van der Waals surface area contributed by atoms with Crippen molar-refractivity contribution in [3.63, 3.8) is 0 Å². The zero-order chi connectivity index (χ0) is 24.1. The molecule has 1 N–H and O–H groups in total. The minimum atomic E-state index is -0.713. The number of hydrogen-bond donors (Lipinski definition) is 1. The lowest BCUT2D eigenvalue weighted by atomic mass is 10.0. The van der Waals surface area contributed by atoms with E-state index in [9.17, 15) is 18.4 Å². The highest BCUT2D eigenvalue weighted by molar-refractivity contribution is 6.10. The normalized spacial score (nSPS) is 14.0. The quantitative estimate of drug-likeness (QED) is 0.536. The number of carbonyl (C=O) groups excluding carboxylic acids is 2. The summed E-state index contributed by atoms with van der Waals surface area (Å²) in [7, 11) is 1.51. The predicted octanol–water partition coefficient (Wildman–Crippen LogP) is 3.64. The Morgan fingerprint density at radius 3 is 2.47 bits per heavy atom. The van der Waals surface area contributed by atoms with Crippen molar-refractivity contribution in [2.24, 2.45) is 0 Å². The number of aromatic nitrogens is 2. The second-order valence-electron chi connectivity index (χ2n) is 8.04. The second-order valence-corrected chi connectivity index (χ2v) is 8.04. The molecule has 1 saturated heterocycles. The third-order valence-corrected chi connectivity index (χ3v) is 5.80. The van der Waals surface area contributed by atoms with Gasteiger partial charge in [-0.3, -0.25) is 9.59 Å². The number of ether oxygens (including phenoxy) is 1. The second kappa shape index (κ2) is 10.4. The van der Waals surface area contributed by atoms with E-state index in [-0.39, 0.29) is 29.7 Å². The Morgan fingerprint density at radius 1 is 1.09 bits per heavy atom. The number of anilines is 1. The van der Waals surface area contributed by atoms with Crippen LogP contribution in [0.5, 0.6) is 5.75 Å². The Labute approximate surface area is 195 Å². The van der Waals surface area contributed by atoms with Crippen LogP contribution in [0.1, 0.15) is 34.3 Å². The highest BCUT2D eigenvalue weighted by Gasteiger charge is 2.24. The van der Waals surface area contributed by atoms with Gasteiger partial charge in [0.25, 0.3) is 0 Å². The molecule has 0 atom stereocenters. The van der Waals surface area contributed by atoms with Crippen molar-refractivity contribution in [2.75, 3.05) is 25.5 Å². The third kappa shape index (κ3) is 5.36. The molecule has 2 heterocycles. The molecular formula is C25H24F2N4O3. The predicted molar refractivity (Wildman–Crippen MR) is 122 cm³/mol. The number of nitrogens with one attached hydrogen (secondary N) is 1. The Hall–Kier alpha value is -3.88. The van der Waals surface area contributed by atoms with Crippen LogP contribution in [0.4, 0.5) is 14.7 Å². The zero-order valence-corrected chi connectivity index (χ0v) is 18.6. The summed E-state index contributed by atoms with van der Waals surface area (Å²) in [6.45, 7) is 1.01. The van der Waals surface area contributed by atoms with E-state index < -0.39 is 11.6 Å². The summed E-state index contributed by atoms with van der Waals surface area (Å²) in [6, 6.07) is 10.3. The topological polar surface area (TPSA) is 84.4 Å². The molecule has 0 spiro atoms. The van der Waals surface area contributed by atoms with Crippen LogP contribution in [0.25, 0.3) is 0 Å². The number of methoxy groups -OCH3 is 1. The number of ketones is 1. The average molecular weight is 466 g/mol. The molecule has 2 aromatic carbocycles. The molecule has 1 amide bonds. The number of hydrogen-bond acceptors (Lipinski definition) is 6. The van der Waals surface area contributed by atoms with Crippen molar-refractivity contribution in [1.29, 1.82) is 0 Å². The standard InChI is InChI=1S/C25H24F2N4O3/c1-34-22-5-3-2-4-20(22)24(33)17-14-28-25(29-15-17)30-19-8-10-31(11-9-19)23(32)12-16-6-7-18(26)13-21(16)27/h2-7,13-15,19H,8-12H2,1H3,(H,28,29,30). The van der Waals surface area contributed by atoms with E-state index in [1.54, 1.807) is 29.2 Å². The SMILES string of the molecule is COc1ccccc1C(=O)c1cnc(NC2CCN(C(=O)Cc3ccc(F)cc3F)CC2)nc1. The maximum atomic E-state index is 13.8. The molecule has 0 bridgehead atoms. The number of carbonyl (C=O) groups is 2. The largest absolute Gasteiger partial charge is 0.496 e. The molecule has 176 valence electrons. The molecule has 34 heavy (non-hydrogen) atoms. The molecule has 7 nitrogen and oxygen atoms in total. The lowest BCUT2D eigenvalue weighted by Gasteiger charge is -2.32. The van der Waals surface area contributed by atoms with E-state index >= 15 is 0 Å². The molecule has 0 saturated carbocycles. The molecule has 0 radical (unpaired) electrons. The zero-order valence-electron chi connectivity index (χ0n) is 18.6. The van der Waals surface area contributed by atoms with E-state index in [2.05, 4.69) is 15.3 Å². The van der Waals surface area contributed by atoms with Crippen molar-refractivity contribution in [3.8, 4) is 5.75 Å². The van der Waals surface area contributed by atoms with Crippen molar-refractivity contribution >= 4 is 17.6 Å². The lowest BCUT2D eigenvalue weighted by molar-refractivity contribution is -0.131. The Morgan fingerprint density at radius 2 is 1.79 bits per heavy atom. The smallest absolute Gasteiger partial charge is 0.227 e. The number of rotatable bonds is 7.